The van der Waals surface area contributed by atoms with Crippen LogP contribution in [0.2, 0.25) is 0 Å². The molecule has 2 aromatic carbocycles. The molecule has 0 aliphatic carbocycles. The molecule has 39 heavy (non-hydrogen) atoms. The molecule has 6 rings (SSSR count). The molecule has 2 aliphatic heterocycles. The minimum atomic E-state index is -0.156. The molecule has 4 aromatic rings. The molecule has 2 atom stereocenters. The van der Waals surface area contributed by atoms with E-state index in [0.29, 0.717) is 13.2 Å². The van der Waals surface area contributed by atoms with Gasteiger partial charge in [0.2, 0.25) is 5.56 Å². The number of aromatic amines is 1. The average Bonchev–Trinajstić information content (AvgIpc) is 2.96. The maximum atomic E-state index is 11.8. The molecule has 0 amide bonds. The maximum absolute atomic E-state index is 11.8. The Morgan fingerprint density at radius 1 is 1.10 bits per heavy atom. The molecule has 9 heteroatoms. The summed E-state index contributed by atoms with van der Waals surface area (Å²) in [6, 6.07) is 16.0. The Labute approximate surface area is 227 Å². The first-order chi connectivity index (χ1) is 18.9. The van der Waals surface area contributed by atoms with Gasteiger partial charge >= 0.3 is 0 Å². The Hall–Kier alpha value is -4.37. The number of hydrogen-bond donors (Lipinski definition) is 2. The van der Waals surface area contributed by atoms with Gasteiger partial charge in [-0.2, -0.15) is 0 Å². The fourth-order valence-electron chi connectivity index (χ4n) is 5.16. The molecule has 2 aromatic heterocycles. The molecule has 2 N–H and O–H groups in total. The number of aromatic nitrogens is 3. The van der Waals surface area contributed by atoms with Crippen LogP contribution in [-0.2, 0) is 11.2 Å². The Balaban J connectivity index is 1.19. The lowest BCUT2D eigenvalue weighted by molar-refractivity contribution is 0.0384. The maximum Gasteiger partial charge on any atom is 0.249 e. The molecule has 4 heterocycles. The van der Waals surface area contributed by atoms with Gasteiger partial charge in [-0.05, 0) is 36.8 Å². The summed E-state index contributed by atoms with van der Waals surface area (Å²) in [6.07, 6.45) is 5.90. The highest BCUT2D eigenvalue weighted by atomic mass is 16.5. The Bertz CT molecular complexity index is 1530. The van der Waals surface area contributed by atoms with Gasteiger partial charge in [0, 0.05) is 68.4 Å². The van der Waals surface area contributed by atoms with Crippen molar-refractivity contribution in [2.24, 2.45) is 0 Å². The average molecular weight is 525 g/mol. The lowest BCUT2D eigenvalue weighted by atomic mass is 9.95. The smallest absolute Gasteiger partial charge is 0.249 e. The first kappa shape index (κ1) is 24.9. The van der Waals surface area contributed by atoms with Crippen molar-refractivity contribution in [2.75, 3.05) is 48.9 Å². The van der Waals surface area contributed by atoms with E-state index in [1.54, 1.807) is 18.5 Å². The summed E-state index contributed by atoms with van der Waals surface area (Å²) >= 11 is 0. The van der Waals surface area contributed by atoms with Crippen LogP contribution in [0.15, 0.2) is 71.9 Å². The van der Waals surface area contributed by atoms with Gasteiger partial charge < -0.3 is 29.6 Å². The second-order valence-electron chi connectivity index (χ2n) is 10.2. The molecular weight excluding hydrogens is 492 g/mol. The Morgan fingerprint density at radius 3 is 2.79 bits per heavy atom. The number of nitrogens with zero attached hydrogens (tertiary/aromatic N) is 4. The molecule has 0 spiro atoms. The van der Waals surface area contributed by atoms with Gasteiger partial charge in [-0.1, -0.05) is 18.2 Å². The summed E-state index contributed by atoms with van der Waals surface area (Å²) in [7, 11) is 3.90. The van der Waals surface area contributed by atoms with Crippen LogP contribution in [0, 0.1) is 0 Å². The Morgan fingerprint density at radius 2 is 2.00 bits per heavy atom. The highest BCUT2D eigenvalue weighted by Crippen LogP contribution is 2.43. The molecular formula is C30H32N6O3. The molecule has 0 radical (unpaired) electrons. The van der Waals surface area contributed by atoms with Crippen LogP contribution in [0.3, 0.4) is 0 Å². The summed E-state index contributed by atoms with van der Waals surface area (Å²) in [4.78, 5) is 27.7. The largest absolute Gasteiger partial charge is 0.456 e. The van der Waals surface area contributed by atoms with E-state index in [1.165, 1.54) is 0 Å². The van der Waals surface area contributed by atoms with Crippen LogP contribution in [-0.4, -0.2) is 48.7 Å². The molecule has 2 unspecified atom stereocenters. The van der Waals surface area contributed by atoms with Gasteiger partial charge in [-0.15, -0.1) is 0 Å². The molecule has 1 saturated heterocycles. The number of nitrogens with one attached hydrogen (secondary N) is 2. The van der Waals surface area contributed by atoms with Gasteiger partial charge in [0.15, 0.2) is 0 Å². The molecule has 2 aliphatic rings. The lowest BCUT2D eigenvalue weighted by Gasteiger charge is -2.36. The zero-order chi connectivity index (χ0) is 26.9. The molecule has 1 fully saturated rings. The standard InChI is InChI=1S/C30H32N6O3/c1-19(25-16-33-28(17-32-25)35(2)3)34-22-7-8-26-21(14-22)13-20-5-4-6-24(30(20)39-26)27-18-36(11-12-38-27)23-9-10-31-29(37)15-23/h4-10,14-17,19,27,34H,11-13,18H2,1-3H3,(H,31,37). The number of fused-ring (bicyclic) bond motifs is 2. The van der Waals surface area contributed by atoms with E-state index >= 15 is 0 Å². The third-order valence-corrected chi connectivity index (χ3v) is 7.26. The van der Waals surface area contributed by atoms with Gasteiger partial charge in [0.1, 0.15) is 23.4 Å². The minimum absolute atomic E-state index is 0.00163. The zero-order valence-corrected chi connectivity index (χ0v) is 22.3. The SMILES string of the molecule is CC(Nc1ccc2c(c1)Cc1cccc(C3CN(c4cc[nH]c(=O)c4)CCO3)c1O2)c1cnc(N(C)C)cn1. The van der Waals surface area contributed by atoms with Crippen LogP contribution in [0.1, 0.15) is 41.5 Å². The predicted octanol–water partition coefficient (Wildman–Crippen LogP) is 4.68. The normalized spacial score (nSPS) is 17.0. The number of para-hydroxylation sites is 1. The van der Waals surface area contributed by atoms with Crippen molar-refractivity contribution >= 4 is 17.2 Å². The second-order valence-corrected chi connectivity index (χ2v) is 10.2. The fourth-order valence-corrected chi connectivity index (χ4v) is 5.16. The fraction of sp³-hybridized carbons (Fsp3) is 0.300. The molecule has 200 valence electrons. The highest BCUT2D eigenvalue weighted by molar-refractivity contribution is 5.59. The quantitative estimate of drug-likeness (QED) is 0.331. The topological polar surface area (TPSA) is 95.6 Å². The summed E-state index contributed by atoms with van der Waals surface area (Å²) < 4.78 is 12.7. The number of ether oxygens (including phenoxy) is 2. The van der Waals surface area contributed by atoms with E-state index in [9.17, 15) is 4.79 Å². The van der Waals surface area contributed by atoms with E-state index in [4.69, 9.17) is 9.47 Å². The van der Waals surface area contributed by atoms with Crippen LogP contribution in [0.5, 0.6) is 11.5 Å². The number of benzene rings is 2. The number of hydrogen-bond acceptors (Lipinski definition) is 8. The van der Waals surface area contributed by atoms with Crippen LogP contribution >= 0.6 is 0 Å². The monoisotopic (exact) mass is 524 g/mol. The number of H-pyrrole nitrogens is 1. The van der Waals surface area contributed by atoms with Crippen molar-refractivity contribution in [3.63, 3.8) is 0 Å². The van der Waals surface area contributed by atoms with E-state index in [0.717, 1.165) is 64.0 Å². The summed E-state index contributed by atoms with van der Waals surface area (Å²) in [5.74, 6) is 2.55. The summed E-state index contributed by atoms with van der Waals surface area (Å²) in [5, 5.41) is 3.55. The van der Waals surface area contributed by atoms with Crippen molar-refractivity contribution in [3.05, 3.63) is 99.9 Å². The van der Waals surface area contributed by atoms with E-state index in [1.807, 2.05) is 43.4 Å². The first-order valence-electron chi connectivity index (χ1n) is 13.2. The molecule has 0 bridgehead atoms. The first-order valence-corrected chi connectivity index (χ1v) is 13.2. The molecule has 0 saturated carbocycles. The summed E-state index contributed by atoms with van der Waals surface area (Å²) in [5.41, 5.74) is 5.97. The van der Waals surface area contributed by atoms with Crippen molar-refractivity contribution in [3.8, 4) is 11.5 Å². The Kier molecular flexibility index (Phi) is 6.66. The lowest BCUT2D eigenvalue weighted by Crippen LogP contribution is -2.39. The highest BCUT2D eigenvalue weighted by Gasteiger charge is 2.29. The number of anilines is 3. The third kappa shape index (κ3) is 5.18. The van der Waals surface area contributed by atoms with Crippen molar-refractivity contribution < 1.29 is 9.47 Å². The van der Waals surface area contributed by atoms with E-state index in [2.05, 4.69) is 56.4 Å². The minimum Gasteiger partial charge on any atom is -0.456 e. The van der Waals surface area contributed by atoms with Crippen LogP contribution in [0.4, 0.5) is 17.2 Å². The van der Waals surface area contributed by atoms with Gasteiger partial charge in [-0.25, -0.2) is 4.98 Å². The summed E-state index contributed by atoms with van der Waals surface area (Å²) in [6.45, 7) is 4.04. The zero-order valence-electron chi connectivity index (χ0n) is 22.3. The van der Waals surface area contributed by atoms with Crippen molar-refractivity contribution in [1.29, 1.82) is 0 Å². The van der Waals surface area contributed by atoms with E-state index in [-0.39, 0.29) is 17.7 Å². The van der Waals surface area contributed by atoms with Crippen LogP contribution < -0.4 is 25.4 Å². The van der Waals surface area contributed by atoms with Gasteiger partial charge in [0.05, 0.1) is 30.7 Å². The van der Waals surface area contributed by atoms with Gasteiger partial charge in [0.25, 0.3) is 0 Å². The second kappa shape index (κ2) is 10.4. The number of morpholine rings is 1. The van der Waals surface area contributed by atoms with Crippen molar-refractivity contribution in [1.82, 2.24) is 15.0 Å². The predicted molar refractivity (Wildman–Crippen MR) is 152 cm³/mol. The molecule has 9 nitrogen and oxygen atoms in total. The third-order valence-electron chi connectivity index (χ3n) is 7.26. The van der Waals surface area contributed by atoms with Gasteiger partial charge in [-0.3, -0.25) is 9.78 Å². The van der Waals surface area contributed by atoms with Crippen molar-refractivity contribution in [2.45, 2.75) is 25.5 Å². The number of pyridine rings is 1. The van der Waals surface area contributed by atoms with Crippen LogP contribution in [0.25, 0.3) is 0 Å². The number of rotatable bonds is 6. The van der Waals surface area contributed by atoms with E-state index < -0.39 is 0 Å².